The molecule has 0 fully saturated rings. The van der Waals surface area contributed by atoms with Gasteiger partial charge in [-0.25, -0.2) is 4.98 Å². The van der Waals surface area contributed by atoms with Gasteiger partial charge in [0.2, 0.25) is 0 Å². The molecule has 0 aliphatic heterocycles. The molecule has 0 aliphatic carbocycles. The first-order chi connectivity index (χ1) is 15.4. The topological polar surface area (TPSA) is 124 Å². The van der Waals surface area contributed by atoms with Crippen LogP contribution in [0.2, 0.25) is 0 Å². The Bertz CT molecular complexity index is 1300. The molecule has 0 saturated heterocycles. The van der Waals surface area contributed by atoms with Crippen LogP contribution in [0, 0.1) is 17.2 Å². The van der Waals surface area contributed by atoms with E-state index in [1.54, 1.807) is 30.5 Å². The largest absolute Gasteiger partial charge is 0.330 e. The second-order valence-corrected chi connectivity index (χ2v) is 7.88. The minimum absolute atomic E-state index is 0.0614. The average molecular weight is 425 g/mol. The van der Waals surface area contributed by atoms with Crippen molar-refractivity contribution in [3.63, 3.8) is 0 Å². The summed E-state index contributed by atoms with van der Waals surface area (Å²) < 4.78 is 1.93. The van der Waals surface area contributed by atoms with E-state index in [1.165, 1.54) is 0 Å². The molecule has 4 aromatic rings. The molecule has 2 aromatic heterocycles. The van der Waals surface area contributed by atoms with Gasteiger partial charge in [0.25, 0.3) is 0 Å². The molecule has 0 spiro atoms. The van der Waals surface area contributed by atoms with Crippen molar-refractivity contribution in [3.05, 3.63) is 95.1 Å². The van der Waals surface area contributed by atoms with Crippen molar-refractivity contribution in [2.45, 2.75) is 19.0 Å². The number of carbonyl (C=O) groups is 1. The summed E-state index contributed by atoms with van der Waals surface area (Å²) in [6, 6.07) is 19.2. The fourth-order valence-electron chi connectivity index (χ4n) is 3.82. The highest BCUT2D eigenvalue weighted by atomic mass is 16.1. The summed E-state index contributed by atoms with van der Waals surface area (Å²) in [4.78, 5) is 22.1. The molecule has 3 atom stereocenters. The molecule has 4 rings (SSSR count). The second kappa shape index (κ2) is 8.71. The number of nitrogens with zero attached hydrogens (tertiary/aromatic N) is 4. The van der Waals surface area contributed by atoms with Gasteiger partial charge < -0.3 is 16.0 Å². The molecule has 0 bridgehead atoms. The number of fused-ring (bicyclic) bond motifs is 1. The molecule has 0 aliphatic rings. The van der Waals surface area contributed by atoms with E-state index in [2.05, 4.69) is 11.1 Å². The number of benzene rings is 2. The van der Waals surface area contributed by atoms with Crippen LogP contribution in [0.15, 0.2) is 66.9 Å². The molecule has 0 radical (unpaired) electrons. The molecule has 4 N–H and O–H groups in total. The SMILES string of the molecule is CC(C(=O)c1ccc2c(c1)nc(C(N)c1ccc(C#N)cc1)n2C)C(N)c1ccccn1. The number of rotatable bonds is 6. The highest BCUT2D eigenvalue weighted by Gasteiger charge is 2.25. The molecular formula is C25H24N6O. The van der Waals surface area contributed by atoms with Crippen molar-refractivity contribution in [2.24, 2.45) is 24.4 Å². The van der Waals surface area contributed by atoms with Gasteiger partial charge in [0.1, 0.15) is 5.82 Å². The molecule has 3 unspecified atom stereocenters. The number of nitrogens with two attached hydrogens (primary N) is 2. The number of carbonyl (C=O) groups excluding carboxylic acids is 1. The van der Waals surface area contributed by atoms with Gasteiger partial charge in [0.15, 0.2) is 5.78 Å². The lowest BCUT2D eigenvalue weighted by molar-refractivity contribution is 0.0912. The number of hydrogen-bond donors (Lipinski definition) is 2. The van der Waals surface area contributed by atoms with E-state index in [0.29, 0.717) is 28.2 Å². The van der Waals surface area contributed by atoms with Gasteiger partial charge in [-0.3, -0.25) is 9.78 Å². The van der Waals surface area contributed by atoms with Crippen LogP contribution in [-0.4, -0.2) is 20.3 Å². The lowest BCUT2D eigenvalue weighted by atomic mass is 9.91. The van der Waals surface area contributed by atoms with E-state index in [0.717, 1.165) is 11.1 Å². The predicted octanol–water partition coefficient (Wildman–Crippen LogP) is 3.41. The number of Topliss-reactive ketones (excluding diaryl/α,β-unsaturated/α-hetero) is 1. The van der Waals surface area contributed by atoms with Gasteiger partial charge in [0.05, 0.1) is 40.4 Å². The Labute approximate surface area is 186 Å². The van der Waals surface area contributed by atoms with E-state index >= 15 is 0 Å². The minimum atomic E-state index is -0.497. The Kier molecular flexibility index (Phi) is 5.82. The smallest absolute Gasteiger partial charge is 0.167 e. The summed E-state index contributed by atoms with van der Waals surface area (Å²) >= 11 is 0. The summed E-state index contributed by atoms with van der Waals surface area (Å²) in [5.74, 6) is 0.174. The Morgan fingerprint density at radius 1 is 1.09 bits per heavy atom. The first-order valence-corrected chi connectivity index (χ1v) is 10.3. The second-order valence-electron chi connectivity index (χ2n) is 7.88. The third-order valence-electron chi connectivity index (χ3n) is 5.86. The summed E-state index contributed by atoms with van der Waals surface area (Å²) in [5.41, 5.74) is 17.0. The van der Waals surface area contributed by atoms with E-state index in [9.17, 15) is 4.79 Å². The third kappa shape index (κ3) is 3.89. The molecule has 0 saturated carbocycles. The van der Waals surface area contributed by atoms with Crippen molar-refractivity contribution in [2.75, 3.05) is 0 Å². The number of pyridine rings is 1. The minimum Gasteiger partial charge on any atom is -0.330 e. The molecule has 0 amide bonds. The van der Waals surface area contributed by atoms with Gasteiger partial charge in [-0.05, 0) is 48.0 Å². The van der Waals surface area contributed by atoms with Crippen molar-refractivity contribution in [3.8, 4) is 6.07 Å². The van der Waals surface area contributed by atoms with Gasteiger partial charge >= 0.3 is 0 Å². The van der Waals surface area contributed by atoms with Gasteiger partial charge in [-0.1, -0.05) is 25.1 Å². The first kappa shape index (κ1) is 21.4. The summed E-state index contributed by atoms with van der Waals surface area (Å²) in [7, 11) is 1.90. The Balaban J connectivity index is 1.63. The summed E-state index contributed by atoms with van der Waals surface area (Å²) in [6.45, 7) is 1.82. The van der Waals surface area contributed by atoms with Crippen molar-refractivity contribution in [1.29, 1.82) is 5.26 Å². The number of ketones is 1. The molecule has 2 aromatic carbocycles. The zero-order chi connectivity index (χ0) is 22.8. The van der Waals surface area contributed by atoms with Crippen LogP contribution in [0.25, 0.3) is 11.0 Å². The fraction of sp³-hybridized carbons (Fsp3) is 0.200. The van der Waals surface area contributed by atoms with Crippen LogP contribution < -0.4 is 11.5 Å². The van der Waals surface area contributed by atoms with Crippen LogP contribution >= 0.6 is 0 Å². The highest BCUT2D eigenvalue weighted by Crippen LogP contribution is 2.27. The Morgan fingerprint density at radius 3 is 2.50 bits per heavy atom. The van der Waals surface area contributed by atoms with E-state index < -0.39 is 18.0 Å². The zero-order valence-corrected chi connectivity index (χ0v) is 17.9. The monoisotopic (exact) mass is 424 g/mol. The van der Waals surface area contributed by atoms with Crippen LogP contribution in [0.5, 0.6) is 0 Å². The van der Waals surface area contributed by atoms with Crippen LogP contribution in [0.3, 0.4) is 0 Å². The van der Waals surface area contributed by atoms with Crippen molar-refractivity contribution in [1.82, 2.24) is 14.5 Å². The lowest BCUT2D eigenvalue weighted by Gasteiger charge is -2.18. The van der Waals surface area contributed by atoms with Gasteiger partial charge in [-0.15, -0.1) is 0 Å². The van der Waals surface area contributed by atoms with Crippen molar-refractivity contribution < 1.29 is 4.79 Å². The number of aromatic nitrogens is 3. The maximum absolute atomic E-state index is 13.1. The predicted molar refractivity (Wildman–Crippen MR) is 123 cm³/mol. The zero-order valence-electron chi connectivity index (χ0n) is 17.9. The summed E-state index contributed by atoms with van der Waals surface area (Å²) in [6.07, 6.45) is 1.67. The van der Waals surface area contributed by atoms with E-state index in [1.807, 2.05) is 54.9 Å². The average Bonchev–Trinajstić information content (AvgIpc) is 3.18. The standard InChI is InChI=1S/C25H24N6O/c1-15(22(27)19-5-3-4-12-29-19)24(32)18-10-11-21-20(13-18)30-25(31(21)2)23(28)17-8-6-16(14-26)7-9-17/h3-13,15,22-23H,27-28H2,1-2H3. The molecule has 7 heteroatoms. The lowest BCUT2D eigenvalue weighted by Crippen LogP contribution is -2.26. The molecule has 7 nitrogen and oxygen atoms in total. The first-order valence-electron chi connectivity index (χ1n) is 10.3. The van der Waals surface area contributed by atoms with Gasteiger partial charge in [0, 0.05) is 24.7 Å². The van der Waals surface area contributed by atoms with Crippen molar-refractivity contribution >= 4 is 16.8 Å². The van der Waals surface area contributed by atoms with Crippen LogP contribution in [-0.2, 0) is 7.05 Å². The number of imidazole rings is 1. The normalized spacial score (nSPS) is 14.0. The number of nitriles is 1. The Morgan fingerprint density at radius 2 is 1.84 bits per heavy atom. The molecule has 32 heavy (non-hydrogen) atoms. The molecular weight excluding hydrogens is 400 g/mol. The van der Waals surface area contributed by atoms with E-state index in [-0.39, 0.29) is 5.78 Å². The quantitative estimate of drug-likeness (QED) is 0.457. The van der Waals surface area contributed by atoms with Gasteiger partial charge in [-0.2, -0.15) is 5.26 Å². The number of aryl methyl sites for hydroxylation is 1. The third-order valence-corrected chi connectivity index (χ3v) is 5.86. The Hall–Kier alpha value is -3.86. The van der Waals surface area contributed by atoms with Crippen LogP contribution in [0.4, 0.5) is 0 Å². The molecule has 2 heterocycles. The van der Waals surface area contributed by atoms with E-state index in [4.69, 9.17) is 21.7 Å². The molecule has 160 valence electrons. The fourth-order valence-corrected chi connectivity index (χ4v) is 3.82. The highest BCUT2D eigenvalue weighted by molar-refractivity contribution is 6.00. The van der Waals surface area contributed by atoms with Crippen LogP contribution in [0.1, 0.15) is 52.0 Å². The summed E-state index contributed by atoms with van der Waals surface area (Å²) in [5, 5.41) is 9.00. The number of hydrogen-bond acceptors (Lipinski definition) is 6. The maximum atomic E-state index is 13.1. The maximum Gasteiger partial charge on any atom is 0.167 e.